The zero-order valence-corrected chi connectivity index (χ0v) is 8.98. The summed E-state index contributed by atoms with van der Waals surface area (Å²) in [6.07, 6.45) is 2.00. The molecule has 0 spiro atoms. The van der Waals surface area contributed by atoms with E-state index in [1.54, 1.807) is 0 Å². The average molecular weight is 204 g/mol. The van der Waals surface area contributed by atoms with E-state index in [4.69, 9.17) is 4.74 Å². The minimum absolute atomic E-state index is 0.0153. The predicted molar refractivity (Wildman–Crippen MR) is 58.4 cm³/mol. The number of rotatable bonds is 4. The van der Waals surface area contributed by atoms with Gasteiger partial charge in [-0.1, -0.05) is 30.3 Å². The van der Waals surface area contributed by atoms with Crippen LogP contribution in [0.2, 0.25) is 0 Å². The van der Waals surface area contributed by atoms with Crippen molar-refractivity contribution in [3.8, 4) is 0 Å². The quantitative estimate of drug-likeness (QED) is 0.704. The van der Waals surface area contributed by atoms with Crippen molar-refractivity contribution >= 4 is 5.97 Å². The smallest absolute Gasteiger partial charge is 0.309 e. The summed E-state index contributed by atoms with van der Waals surface area (Å²) in [5, 5.41) is 0. The minimum Gasteiger partial charge on any atom is -0.466 e. The van der Waals surface area contributed by atoms with Crippen LogP contribution < -0.4 is 0 Å². The highest BCUT2D eigenvalue weighted by Gasteiger charge is 2.43. The Bertz CT molecular complexity index is 332. The molecule has 0 bridgehead atoms. The molecule has 80 valence electrons. The molecule has 0 aliphatic heterocycles. The second-order valence-corrected chi connectivity index (χ2v) is 4.04. The average Bonchev–Trinajstić information content (AvgIpc) is 2.99. The first kappa shape index (κ1) is 10.2. The van der Waals surface area contributed by atoms with Gasteiger partial charge >= 0.3 is 5.97 Å². The van der Waals surface area contributed by atoms with Gasteiger partial charge in [0.25, 0.3) is 0 Å². The first-order valence-electron chi connectivity index (χ1n) is 5.52. The molecule has 0 N–H and O–H groups in total. The molecule has 2 nitrogen and oxygen atoms in total. The van der Waals surface area contributed by atoms with Gasteiger partial charge in [-0.05, 0) is 31.2 Å². The third-order valence-corrected chi connectivity index (χ3v) is 2.85. The van der Waals surface area contributed by atoms with E-state index in [0.29, 0.717) is 12.5 Å². The van der Waals surface area contributed by atoms with Crippen molar-refractivity contribution in [1.29, 1.82) is 0 Å². The first-order valence-corrected chi connectivity index (χ1v) is 5.52. The second-order valence-electron chi connectivity index (χ2n) is 4.04. The lowest BCUT2D eigenvalue weighted by Gasteiger charge is -2.01. The Morgan fingerprint density at radius 1 is 1.40 bits per heavy atom. The van der Waals surface area contributed by atoms with Gasteiger partial charge in [0, 0.05) is 0 Å². The highest BCUT2D eigenvalue weighted by molar-refractivity contribution is 5.75. The van der Waals surface area contributed by atoms with Crippen molar-refractivity contribution in [2.24, 2.45) is 11.8 Å². The number of benzene rings is 1. The van der Waals surface area contributed by atoms with Gasteiger partial charge < -0.3 is 4.74 Å². The molecule has 0 saturated heterocycles. The van der Waals surface area contributed by atoms with Gasteiger partial charge in [0.05, 0.1) is 12.5 Å². The van der Waals surface area contributed by atoms with Crippen molar-refractivity contribution < 1.29 is 9.53 Å². The van der Waals surface area contributed by atoms with E-state index in [1.165, 1.54) is 5.56 Å². The number of carbonyl (C=O) groups is 1. The highest BCUT2D eigenvalue weighted by Crippen LogP contribution is 2.41. The molecule has 0 aromatic heterocycles. The summed E-state index contributed by atoms with van der Waals surface area (Å²) in [7, 11) is 0. The topological polar surface area (TPSA) is 26.3 Å². The third kappa shape index (κ3) is 2.58. The SMILES string of the molecule is CCOC(=O)[C@@H]1C[C@@H]1Cc1ccccc1. The molecular formula is C13H16O2. The van der Waals surface area contributed by atoms with Gasteiger partial charge in [0.1, 0.15) is 0 Å². The predicted octanol–water partition coefficient (Wildman–Crippen LogP) is 2.43. The van der Waals surface area contributed by atoms with Gasteiger partial charge in [-0.25, -0.2) is 0 Å². The van der Waals surface area contributed by atoms with Crippen molar-refractivity contribution in [2.45, 2.75) is 19.8 Å². The summed E-state index contributed by atoms with van der Waals surface area (Å²) in [5.41, 5.74) is 1.31. The molecule has 1 aromatic carbocycles. The Labute approximate surface area is 90.3 Å². The van der Waals surface area contributed by atoms with E-state index in [1.807, 2.05) is 25.1 Å². The number of carbonyl (C=O) groups excluding carboxylic acids is 1. The molecule has 0 unspecified atom stereocenters. The molecule has 15 heavy (non-hydrogen) atoms. The molecule has 0 radical (unpaired) electrons. The number of hydrogen-bond donors (Lipinski definition) is 0. The van der Waals surface area contributed by atoms with Crippen LogP contribution in [0.25, 0.3) is 0 Å². The van der Waals surface area contributed by atoms with Gasteiger partial charge in [-0.3, -0.25) is 4.79 Å². The Balaban J connectivity index is 1.83. The van der Waals surface area contributed by atoms with Crippen LogP contribution in [0.3, 0.4) is 0 Å². The molecule has 1 fully saturated rings. The Morgan fingerprint density at radius 3 is 2.80 bits per heavy atom. The fraction of sp³-hybridized carbons (Fsp3) is 0.462. The lowest BCUT2D eigenvalue weighted by molar-refractivity contribution is -0.145. The normalized spacial score (nSPS) is 23.5. The molecule has 1 saturated carbocycles. The fourth-order valence-corrected chi connectivity index (χ4v) is 1.93. The van der Waals surface area contributed by atoms with Crippen LogP contribution in [0, 0.1) is 11.8 Å². The van der Waals surface area contributed by atoms with Crippen LogP contribution in [0.15, 0.2) is 30.3 Å². The molecular weight excluding hydrogens is 188 g/mol. The zero-order chi connectivity index (χ0) is 10.7. The van der Waals surface area contributed by atoms with Crippen LogP contribution in [-0.4, -0.2) is 12.6 Å². The Morgan fingerprint density at radius 2 is 2.13 bits per heavy atom. The van der Waals surface area contributed by atoms with Gasteiger partial charge in [-0.15, -0.1) is 0 Å². The summed E-state index contributed by atoms with van der Waals surface area (Å²) >= 11 is 0. The van der Waals surface area contributed by atoms with Crippen LogP contribution in [-0.2, 0) is 16.0 Å². The van der Waals surface area contributed by atoms with E-state index in [-0.39, 0.29) is 11.9 Å². The zero-order valence-electron chi connectivity index (χ0n) is 8.98. The molecule has 2 heteroatoms. The Kier molecular flexibility index (Phi) is 3.05. The third-order valence-electron chi connectivity index (χ3n) is 2.85. The molecule has 0 amide bonds. The van der Waals surface area contributed by atoms with Crippen molar-refractivity contribution in [2.75, 3.05) is 6.61 Å². The number of ether oxygens (including phenoxy) is 1. The van der Waals surface area contributed by atoms with Crippen LogP contribution in [0.4, 0.5) is 0 Å². The van der Waals surface area contributed by atoms with E-state index in [2.05, 4.69) is 12.1 Å². The van der Waals surface area contributed by atoms with Gasteiger partial charge in [-0.2, -0.15) is 0 Å². The largest absolute Gasteiger partial charge is 0.466 e. The fourth-order valence-electron chi connectivity index (χ4n) is 1.93. The summed E-state index contributed by atoms with van der Waals surface area (Å²) in [6.45, 7) is 2.35. The number of esters is 1. The minimum atomic E-state index is -0.0153. The first-order chi connectivity index (χ1) is 7.31. The van der Waals surface area contributed by atoms with E-state index < -0.39 is 0 Å². The van der Waals surface area contributed by atoms with Crippen molar-refractivity contribution in [3.63, 3.8) is 0 Å². The van der Waals surface area contributed by atoms with E-state index in [0.717, 1.165) is 12.8 Å². The molecule has 2 rings (SSSR count). The van der Waals surface area contributed by atoms with E-state index >= 15 is 0 Å². The summed E-state index contributed by atoms with van der Waals surface area (Å²) in [5.74, 6) is 0.648. The molecule has 1 aromatic rings. The maximum atomic E-state index is 11.4. The standard InChI is InChI=1S/C13H16O2/c1-2-15-13(14)12-9-11(12)8-10-6-4-3-5-7-10/h3-7,11-12H,2,8-9H2,1H3/t11-,12+/m0/s1. The van der Waals surface area contributed by atoms with Crippen molar-refractivity contribution in [3.05, 3.63) is 35.9 Å². The van der Waals surface area contributed by atoms with Crippen LogP contribution in [0.5, 0.6) is 0 Å². The van der Waals surface area contributed by atoms with Crippen molar-refractivity contribution in [1.82, 2.24) is 0 Å². The molecule has 1 aliphatic carbocycles. The molecule has 0 heterocycles. The van der Waals surface area contributed by atoms with Crippen LogP contribution in [0.1, 0.15) is 18.9 Å². The maximum Gasteiger partial charge on any atom is 0.309 e. The summed E-state index contributed by atoms with van der Waals surface area (Å²) in [6, 6.07) is 10.3. The summed E-state index contributed by atoms with van der Waals surface area (Å²) < 4.78 is 4.99. The maximum absolute atomic E-state index is 11.4. The Hall–Kier alpha value is -1.31. The molecule has 1 aliphatic rings. The van der Waals surface area contributed by atoms with Crippen LogP contribution >= 0.6 is 0 Å². The van der Waals surface area contributed by atoms with E-state index in [9.17, 15) is 4.79 Å². The second kappa shape index (κ2) is 4.47. The van der Waals surface area contributed by atoms with Gasteiger partial charge in [0.15, 0.2) is 0 Å². The highest BCUT2D eigenvalue weighted by atomic mass is 16.5. The lowest BCUT2D eigenvalue weighted by atomic mass is 10.1. The van der Waals surface area contributed by atoms with Gasteiger partial charge in [0.2, 0.25) is 0 Å². The summed E-state index contributed by atoms with van der Waals surface area (Å²) in [4.78, 5) is 11.4. The monoisotopic (exact) mass is 204 g/mol. The molecule has 2 atom stereocenters. The lowest BCUT2D eigenvalue weighted by Crippen LogP contribution is -2.08. The number of hydrogen-bond acceptors (Lipinski definition) is 2.